The lowest BCUT2D eigenvalue weighted by Crippen LogP contribution is -2.35. The molecule has 0 atom stereocenters. The Hall–Kier alpha value is -2.47. The molecule has 3 N–H and O–H groups in total. The van der Waals surface area contributed by atoms with Crippen molar-refractivity contribution in [3.8, 4) is 11.3 Å². The van der Waals surface area contributed by atoms with Crippen LogP contribution in [0.15, 0.2) is 48.5 Å². The third-order valence-corrected chi connectivity index (χ3v) is 5.08. The minimum absolute atomic E-state index is 0.0628. The molecule has 0 amide bonds. The minimum atomic E-state index is 0.0628. The number of aromatic nitrogens is 1. The highest BCUT2D eigenvalue weighted by atomic mass is 35.5. The number of benzene rings is 2. The monoisotopic (exact) mass is 380 g/mol. The standard InChI is InChI=1S/C21H21ClN4O/c22-17-5-6-18-16(13-26-7-9-27-10-8-26)11-19(25-20(18)12-17)14-1-3-15(4-2-14)21(23)24/h1-6,11-12H,7-10,13H2,(H3,23,24). The van der Waals surface area contributed by atoms with Crippen molar-refractivity contribution < 1.29 is 4.74 Å². The Labute approximate surface area is 163 Å². The van der Waals surface area contributed by atoms with Crippen molar-refractivity contribution in [2.24, 2.45) is 5.73 Å². The Kier molecular flexibility index (Phi) is 5.07. The summed E-state index contributed by atoms with van der Waals surface area (Å²) < 4.78 is 5.47. The zero-order chi connectivity index (χ0) is 18.8. The lowest BCUT2D eigenvalue weighted by atomic mass is 10.0. The van der Waals surface area contributed by atoms with Gasteiger partial charge in [0.2, 0.25) is 0 Å². The maximum absolute atomic E-state index is 7.55. The normalized spacial score (nSPS) is 15.1. The van der Waals surface area contributed by atoms with Crippen LogP contribution in [0.4, 0.5) is 0 Å². The highest BCUT2D eigenvalue weighted by Gasteiger charge is 2.15. The molecule has 3 aromatic rings. The molecule has 5 nitrogen and oxygen atoms in total. The molecular formula is C21H21ClN4O. The zero-order valence-electron chi connectivity index (χ0n) is 14.9. The second-order valence-corrected chi connectivity index (χ2v) is 7.14. The molecule has 1 saturated heterocycles. The van der Waals surface area contributed by atoms with Gasteiger partial charge in [-0.2, -0.15) is 0 Å². The van der Waals surface area contributed by atoms with Crippen molar-refractivity contribution in [1.82, 2.24) is 9.88 Å². The number of nitrogens with zero attached hydrogens (tertiary/aromatic N) is 2. The number of rotatable bonds is 4. The van der Waals surface area contributed by atoms with E-state index < -0.39 is 0 Å². The molecule has 2 heterocycles. The molecule has 0 spiro atoms. The van der Waals surface area contributed by atoms with Gasteiger partial charge in [-0.3, -0.25) is 10.3 Å². The van der Waals surface area contributed by atoms with Crippen molar-refractivity contribution in [3.05, 3.63) is 64.7 Å². The van der Waals surface area contributed by atoms with Gasteiger partial charge >= 0.3 is 0 Å². The molecule has 1 fully saturated rings. The number of morpholine rings is 1. The summed E-state index contributed by atoms with van der Waals surface area (Å²) in [5.74, 6) is 0.0628. The first-order valence-electron chi connectivity index (χ1n) is 8.94. The molecule has 0 radical (unpaired) electrons. The number of hydrogen-bond donors (Lipinski definition) is 2. The summed E-state index contributed by atoms with van der Waals surface area (Å²) in [6.07, 6.45) is 0. The third-order valence-electron chi connectivity index (χ3n) is 4.85. The first-order valence-corrected chi connectivity index (χ1v) is 9.32. The molecular weight excluding hydrogens is 360 g/mol. The number of hydrogen-bond acceptors (Lipinski definition) is 4. The molecule has 138 valence electrons. The van der Waals surface area contributed by atoms with Gasteiger partial charge in [-0.15, -0.1) is 0 Å². The van der Waals surface area contributed by atoms with Crippen molar-refractivity contribution in [1.29, 1.82) is 5.41 Å². The summed E-state index contributed by atoms with van der Waals surface area (Å²) >= 11 is 6.21. The Morgan fingerprint density at radius 1 is 1.11 bits per heavy atom. The van der Waals surface area contributed by atoms with Crippen LogP contribution in [0.25, 0.3) is 22.2 Å². The van der Waals surface area contributed by atoms with Gasteiger partial charge in [0.25, 0.3) is 0 Å². The van der Waals surface area contributed by atoms with Crippen LogP contribution in [-0.2, 0) is 11.3 Å². The first kappa shape index (κ1) is 17.9. The summed E-state index contributed by atoms with van der Waals surface area (Å²) in [5, 5.41) is 9.35. The van der Waals surface area contributed by atoms with Gasteiger partial charge in [-0.05, 0) is 23.8 Å². The highest BCUT2D eigenvalue weighted by Crippen LogP contribution is 2.28. The molecule has 0 saturated carbocycles. The van der Waals surface area contributed by atoms with Crippen molar-refractivity contribution >= 4 is 28.3 Å². The summed E-state index contributed by atoms with van der Waals surface area (Å²) in [5.41, 5.74) is 10.3. The number of fused-ring (bicyclic) bond motifs is 1. The molecule has 27 heavy (non-hydrogen) atoms. The number of nitrogen functional groups attached to an aromatic ring is 1. The van der Waals surface area contributed by atoms with Gasteiger partial charge in [0.15, 0.2) is 0 Å². The van der Waals surface area contributed by atoms with Crippen molar-refractivity contribution in [2.45, 2.75) is 6.54 Å². The van der Waals surface area contributed by atoms with E-state index >= 15 is 0 Å². The second-order valence-electron chi connectivity index (χ2n) is 6.71. The topological polar surface area (TPSA) is 75.2 Å². The van der Waals surface area contributed by atoms with Crippen LogP contribution in [0, 0.1) is 5.41 Å². The van der Waals surface area contributed by atoms with Crippen LogP contribution in [-0.4, -0.2) is 42.0 Å². The van der Waals surface area contributed by atoms with Crippen LogP contribution in [0.1, 0.15) is 11.1 Å². The Balaban J connectivity index is 1.77. The van der Waals surface area contributed by atoms with Crippen molar-refractivity contribution in [2.75, 3.05) is 26.3 Å². The SMILES string of the molecule is N=C(N)c1ccc(-c2cc(CN3CCOCC3)c3ccc(Cl)cc3n2)cc1. The van der Waals surface area contributed by atoms with Gasteiger partial charge in [0.05, 0.1) is 24.4 Å². The summed E-state index contributed by atoms with van der Waals surface area (Å²) in [6.45, 7) is 4.26. The van der Waals surface area contributed by atoms with Crippen LogP contribution < -0.4 is 5.73 Å². The van der Waals surface area contributed by atoms with Gasteiger partial charge in [-0.1, -0.05) is 41.9 Å². The fraction of sp³-hybridized carbons (Fsp3) is 0.238. The number of pyridine rings is 1. The van der Waals surface area contributed by atoms with Crippen LogP contribution in [0.3, 0.4) is 0 Å². The largest absolute Gasteiger partial charge is 0.384 e. The van der Waals surface area contributed by atoms with Gasteiger partial charge < -0.3 is 10.5 Å². The maximum Gasteiger partial charge on any atom is 0.122 e. The summed E-state index contributed by atoms with van der Waals surface area (Å²) in [6, 6.07) is 15.6. The highest BCUT2D eigenvalue weighted by molar-refractivity contribution is 6.31. The predicted molar refractivity (Wildman–Crippen MR) is 109 cm³/mol. The number of amidine groups is 1. The Bertz CT molecular complexity index is 981. The molecule has 1 aromatic heterocycles. The van der Waals surface area contributed by atoms with E-state index in [4.69, 9.17) is 32.5 Å². The molecule has 1 aliphatic heterocycles. The summed E-state index contributed by atoms with van der Waals surface area (Å²) in [4.78, 5) is 7.22. The number of nitrogens with one attached hydrogen (secondary N) is 1. The molecule has 4 rings (SSSR count). The van der Waals surface area contributed by atoms with E-state index in [0.29, 0.717) is 10.6 Å². The van der Waals surface area contributed by atoms with E-state index in [1.807, 2.05) is 42.5 Å². The zero-order valence-corrected chi connectivity index (χ0v) is 15.7. The van der Waals surface area contributed by atoms with Crippen LogP contribution in [0.2, 0.25) is 5.02 Å². The quantitative estimate of drug-likeness (QED) is 0.535. The average Bonchev–Trinajstić information content (AvgIpc) is 2.68. The minimum Gasteiger partial charge on any atom is -0.384 e. The Morgan fingerprint density at radius 2 is 1.85 bits per heavy atom. The van der Waals surface area contributed by atoms with Gasteiger partial charge in [-0.25, -0.2) is 4.98 Å². The summed E-state index contributed by atoms with van der Waals surface area (Å²) in [7, 11) is 0. The van der Waals surface area contributed by atoms with Crippen LogP contribution >= 0.6 is 11.6 Å². The van der Waals surface area contributed by atoms with Crippen molar-refractivity contribution in [3.63, 3.8) is 0 Å². The van der Waals surface area contributed by atoms with E-state index in [2.05, 4.69) is 11.0 Å². The molecule has 2 aromatic carbocycles. The molecule has 1 aliphatic rings. The van der Waals surface area contributed by atoms with E-state index in [0.717, 1.165) is 55.0 Å². The lowest BCUT2D eigenvalue weighted by molar-refractivity contribution is 0.0344. The van der Waals surface area contributed by atoms with Crippen LogP contribution in [0.5, 0.6) is 0 Å². The number of halogens is 1. The predicted octanol–water partition coefficient (Wildman–Crippen LogP) is 3.67. The Morgan fingerprint density at radius 3 is 2.56 bits per heavy atom. The van der Waals surface area contributed by atoms with Gasteiger partial charge in [0.1, 0.15) is 5.84 Å². The van der Waals surface area contributed by atoms with E-state index in [1.165, 1.54) is 5.56 Å². The lowest BCUT2D eigenvalue weighted by Gasteiger charge is -2.27. The molecule has 0 bridgehead atoms. The van der Waals surface area contributed by atoms with E-state index in [1.54, 1.807) is 0 Å². The number of nitrogens with two attached hydrogens (primary N) is 1. The average molecular weight is 381 g/mol. The van der Waals surface area contributed by atoms with E-state index in [9.17, 15) is 0 Å². The molecule has 0 aliphatic carbocycles. The first-order chi connectivity index (χ1) is 13.1. The second kappa shape index (κ2) is 7.64. The number of ether oxygens (including phenoxy) is 1. The smallest absolute Gasteiger partial charge is 0.122 e. The fourth-order valence-electron chi connectivity index (χ4n) is 3.37. The van der Waals surface area contributed by atoms with E-state index in [-0.39, 0.29) is 5.84 Å². The molecule has 0 unspecified atom stereocenters. The third kappa shape index (κ3) is 3.95. The molecule has 6 heteroatoms. The van der Waals surface area contributed by atoms with Gasteiger partial charge in [0, 0.05) is 41.2 Å². The fourth-order valence-corrected chi connectivity index (χ4v) is 3.54. The maximum atomic E-state index is 7.55.